The van der Waals surface area contributed by atoms with Crippen LogP contribution in [-0.2, 0) is 44.3 Å². The number of rotatable bonds is 8. The van der Waals surface area contributed by atoms with Crippen molar-refractivity contribution in [3.8, 4) is 17.1 Å². The molecule has 39 heavy (non-hydrogen) atoms. The molecule has 1 N–H and O–H groups in total. The number of pyridine rings is 2. The average Bonchev–Trinajstić information content (AvgIpc) is 3.28. The highest BCUT2D eigenvalue weighted by molar-refractivity contribution is 8.00. The van der Waals surface area contributed by atoms with Gasteiger partial charge in [0.25, 0.3) is 5.56 Å². The van der Waals surface area contributed by atoms with Crippen LogP contribution >= 0.6 is 11.8 Å². The van der Waals surface area contributed by atoms with Crippen molar-refractivity contribution in [2.24, 2.45) is 5.92 Å². The number of aliphatic hydroxyl groups is 1. The molecule has 0 radical (unpaired) electrons. The molecule has 0 saturated carbocycles. The van der Waals surface area contributed by atoms with E-state index in [0.717, 1.165) is 16.5 Å². The number of aromatic nitrogens is 2. The summed E-state index contributed by atoms with van der Waals surface area (Å²) in [5.41, 5.74) is 2.07. The summed E-state index contributed by atoms with van der Waals surface area (Å²) in [6, 6.07) is 6.92. The number of aryl methyl sites for hydroxylation is 1. The minimum Gasteiger partial charge on any atom is -0.458 e. The predicted octanol–water partition coefficient (Wildman–Crippen LogP) is 3.51. The summed E-state index contributed by atoms with van der Waals surface area (Å²) in [5.74, 6) is -0.465. The number of hydrogen-bond acceptors (Lipinski definition) is 9. The van der Waals surface area contributed by atoms with Crippen molar-refractivity contribution >= 4 is 40.4 Å². The molecule has 2 aliphatic heterocycles. The van der Waals surface area contributed by atoms with Gasteiger partial charge >= 0.3 is 11.9 Å². The van der Waals surface area contributed by atoms with Crippen LogP contribution in [0.1, 0.15) is 56.4 Å². The lowest BCUT2D eigenvalue weighted by Crippen LogP contribution is -2.44. The fraction of sp³-hybridized carbons (Fsp3) is 0.414. The normalized spacial score (nSPS) is 17.5. The Morgan fingerprint density at radius 1 is 1.18 bits per heavy atom. The van der Waals surface area contributed by atoms with Crippen LogP contribution < -0.4 is 10.3 Å². The molecule has 0 unspecified atom stereocenters. The smallest absolute Gasteiger partial charge is 0.343 e. The molecule has 0 aliphatic carbocycles. The van der Waals surface area contributed by atoms with Gasteiger partial charge in [-0.2, -0.15) is 0 Å². The number of thioether (sulfide) groups is 1. The zero-order valence-corrected chi connectivity index (χ0v) is 23.1. The number of hydrogen-bond donors (Lipinski definition) is 1. The van der Waals surface area contributed by atoms with Crippen molar-refractivity contribution in [2.75, 3.05) is 11.5 Å². The second-order valence-electron chi connectivity index (χ2n) is 10.1. The number of cyclic esters (lactones) is 1. The molecule has 2 aromatic heterocycles. The molecule has 1 atom stereocenters. The van der Waals surface area contributed by atoms with E-state index in [-0.39, 0.29) is 52.9 Å². The highest BCUT2D eigenvalue weighted by Gasteiger charge is 2.45. The molecular weight excluding hydrogens is 520 g/mol. The van der Waals surface area contributed by atoms with E-state index in [1.54, 1.807) is 35.8 Å². The van der Waals surface area contributed by atoms with Gasteiger partial charge in [0.05, 0.1) is 40.5 Å². The molecule has 5 rings (SSSR count). The van der Waals surface area contributed by atoms with E-state index in [4.69, 9.17) is 14.5 Å². The van der Waals surface area contributed by atoms with Gasteiger partial charge in [-0.15, -0.1) is 11.8 Å². The number of ketones is 1. The molecule has 9 nitrogen and oxygen atoms in total. The summed E-state index contributed by atoms with van der Waals surface area (Å²) in [7, 11) is 0. The quantitative estimate of drug-likeness (QED) is 0.259. The third-order valence-electron chi connectivity index (χ3n) is 7.47. The number of ether oxygens (including phenoxy) is 2. The first kappa shape index (κ1) is 27.1. The zero-order valence-electron chi connectivity index (χ0n) is 22.3. The lowest BCUT2D eigenvalue weighted by atomic mass is 9.86. The predicted molar refractivity (Wildman–Crippen MR) is 147 cm³/mol. The third-order valence-corrected chi connectivity index (χ3v) is 8.40. The monoisotopic (exact) mass is 550 g/mol. The van der Waals surface area contributed by atoms with E-state index in [0.29, 0.717) is 35.6 Å². The van der Waals surface area contributed by atoms with Gasteiger partial charge in [-0.3, -0.25) is 14.4 Å². The number of benzene rings is 1. The highest BCUT2D eigenvalue weighted by Crippen LogP contribution is 2.40. The standard InChI is InChI=1S/C29H30N2O7S/c1-5-17-18-9-16(38-25(33)14-39-13-24(32)15(3)4)7-8-22(18)30-26-19(17)11-31-23(26)10-21-20(27(31)34)12-37-28(35)29(21,36)6-2/h7-10,15,36H,5-6,11-14H2,1-4H3/t29-/m0/s1. The van der Waals surface area contributed by atoms with Gasteiger partial charge < -0.3 is 19.1 Å². The van der Waals surface area contributed by atoms with Gasteiger partial charge in [-0.1, -0.05) is 27.7 Å². The number of carbonyl (C=O) groups excluding carboxylic acids is 3. The van der Waals surface area contributed by atoms with Crippen molar-refractivity contribution in [3.05, 3.63) is 56.9 Å². The van der Waals surface area contributed by atoms with Crippen LogP contribution in [0.2, 0.25) is 0 Å². The molecule has 204 valence electrons. The van der Waals surface area contributed by atoms with Crippen molar-refractivity contribution in [2.45, 2.75) is 59.3 Å². The van der Waals surface area contributed by atoms with Crippen LogP contribution in [0.25, 0.3) is 22.3 Å². The van der Waals surface area contributed by atoms with Crippen molar-refractivity contribution in [3.63, 3.8) is 0 Å². The number of Topliss-reactive ketones (excluding diaryl/α,β-unsaturated/α-hetero) is 1. The minimum absolute atomic E-state index is 0.0682. The maximum atomic E-state index is 13.5. The van der Waals surface area contributed by atoms with Gasteiger partial charge in [-0.05, 0) is 42.7 Å². The second kappa shape index (κ2) is 10.2. The van der Waals surface area contributed by atoms with Crippen molar-refractivity contribution in [1.82, 2.24) is 9.55 Å². The van der Waals surface area contributed by atoms with Crippen molar-refractivity contribution < 1.29 is 29.0 Å². The van der Waals surface area contributed by atoms with E-state index in [9.17, 15) is 24.3 Å². The third kappa shape index (κ3) is 4.55. The molecule has 10 heteroatoms. The summed E-state index contributed by atoms with van der Waals surface area (Å²) in [6.07, 6.45) is 0.725. The van der Waals surface area contributed by atoms with E-state index >= 15 is 0 Å². The van der Waals surface area contributed by atoms with Crippen LogP contribution in [0.4, 0.5) is 0 Å². The van der Waals surface area contributed by atoms with Crippen LogP contribution in [0.3, 0.4) is 0 Å². The largest absolute Gasteiger partial charge is 0.458 e. The molecule has 0 saturated heterocycles. The van der Waals surface area contributed by atoms with Crippen LogP contribution in [0.5, 0.6) is 5.75 Å². The molecule has 0 bridgehead atoms. The fourth-order valence-corrected chi connectivity index (χ4v) is 6.03. The number of nitrogens with zero attached hydrogens (tertiary/aromatic N) is 2. The van der Waals surface area contributed by atoms with E-state index in [1.165, 1.54) is 11.8 Å². The summed E-state index contributed by atoms with van der Waals surface area (Å²) in [5, 5.41) is 11.9. The summed E-state index contributed by atoms with van der Waals surface area (Å²) < 4.78 is 12.3. The van der Waals surface area contributed by atoms with Crippen LogP contribution in [0, 0.1) is 5.92 Å². The van der Waals surface area contributed by atoms with Gasteiger partial charge in [0, 0.05) is 22.4 Å². The Balaban J connectivity index is 1.50. The second-order valence-corrected chi connectivity index (χ2v) is 11.1. The first-order valence-corrected chi connectivity index (χ1v) is 14.2. The molecule has 2 aliphatic rings. The summed E-state index contributed by atoms with van der Waals surface area (Å²) >= 11 is 1.23. The van der Waals surface area contributed by atoms with Gasteiger partial charge in [0.15, 0.2) is 5.60 Å². The molecule has 3 aromatic rings. The Hall–Kier alpha value is -3.50. The SMILES string of the molecule is CCc1c2c(nc3ccc(OC(=O)CSCC(=O)C(C)C)cc13)-c1cc3c(c(=O)n1C2)COC(=O)[C@]3(O)CC. The van der Waals surface area contributed by atoms with E-state index in [1.807, 2.05) is 20.8 Å². The number of esters is 2. The Morgan fingerprint density at radius 3 is 2.64 bits per heavy atom. The Morgan fingerprint density at radius 2 is 1.95 bits per heavy atom. The lowest BCUT2D eigenvalue weighted by molar-refractivity contribution is -0.172. The van der Waals surface area contributed by atoms with Gasteiger partial charge in [0.2, 0.25) is 0 Å². The highest BCUT2D eigenvalue weighted by atomic mass is 32.2. The maximum absolute atomic E-state index is 13.5. The Kier molecular flexibility index (Phi) is 7.11. The number of carbonyl (C=O) groups is 3. The molecule has 0 amide bonds. The molecule has 4 heterocycles. The lowest BCUT2D eigenvalue weighted by Gasteiger charge is -2.31. The van der Waals surface area contributed by atoms with E-state index < -0.39 is 17.5 Å². The average molecular weight is 551 g/mol. The molecule has 1 aromatic carbocycles. The molecular formula is C29H30N2O7S. The van der Waals surface area contributed by atoms with E-state index in [2.05, 4.69) is 0 Å². The first-order valence-electron chi connectivity index (χ1n) is 13.0. The van der Waals surface area contributed by atoms with Crippen LogP contribution in [0.15, 0.2) is 29.1 Å². The Labute approximate surface area is 229 Å². The summed E-state index contributed by atoms with van der Waals surface area (Å²) in [4.78, 5) is 54.9. The van der Waals surface area contributed by atoms with Gasteiger partial charge in [-0.25, -0.2) is 9.78 Å². The minimum atomic E-state index is -1.88. The van der Waals surface area contributed by atoms with Gasteiger partial charge in [0.1, 0.15) is 18.1 Å². The molecule has 0 fully saturated rings. The fourth-order valence-electron chi connectivity index (χ4n) is 5.17. The number of fused-ring (bicyclic) bond motifs is 5. The topological polar surface area (TPSA) is 125 Å². The molecule has 0 spiro atoms. The first-order chi connectivity index (χ1) is 18.6. The Bertz CT molecular complexity index is 1590. The maximum Gasteiger partial charge on any atom is 0.343 e. The van der Waals surface area contributed by atoms with Crippen LogP contribution in [-0.4, -0.2) is 43.9 Å². The van der Waals surface area contributed by atoms with Crippen molar-refractivity contribution in [1.29, 1.82) is 0 Å². The zero-order chi connectivity index (χ0) is 28.1. The summed E-state index contributed by atoms with van der Waals surface area (Å²) in [6.45, 7) is 7.46.